The normalized spacial score (nSPS) is 16.8. The molecule has 1 aliphatic rings. The molecule has 0 spiro atoms. The van der Waals surface area contributed by atoms with Gasteiger partial charge in [-0.05, 0) is 37.0 Å². The van der Waals surface area contributed by atoms with Crippen molar-refractivity contribution in [3.63, 3.8) is 0 Å². The van der Waals surface area contributed by atoms with Gasteiger partial charge in [0.15, 0.2) is 5.96 Å². The van der Waals surface area contributed by atoms with E-state index in [0.717, 1.165) is 6.42 Å². The number of guanidine groups is 1. The summed E-state index contributed by atoms with van der Waals surface area (Å²) in [6, 6.07) is 5.62. The van der Waals surface area contributed by atoms with Crippen molar-refractivity contribution >= 4 is 29.1 Å². The number of thiazole rings is 1. The van der Waals surface area contributed by atoms with E-state index < -0.39 is 0 Å². The molecule has 2 heterocycles. The first kappa shape index (κ1) is 25.5. The van der Waals surface area contributed by atoms with E-state index in [9.17, 15) is 14.0 Å². The van der Waals surface area contributed by atoms with E-state index in [1.165, 1.54) is 28.4 Å². The molecule has 1 aliphatic heterocycles. The van der Waals surface area contributed by atoms with Crippen molar-refractivity contribution in [3.8, 4) is 0 Å². The zero-order valence-electron chi connectivity index (χ0n) is 19.3. The fourth-order valence-electron chi connectivity index (χ4n) is 3.34. The summed E-state index contributed by atoms with van der Waals surface area (Å²) in [5, 5.41) is 5.03. The molecule has 2 amide bonds. The second kappa shape index (κ2) is 11.7. The summed E-state index contributed by atoms with van der Waals surface area (Å²) in [5.74, 6) is -0.184. The predicted octanol–water partition coefficient (Wildman–Crippen LogP) is 4.26. The first-order valence-corrected chi connectivity index (χ1v) is 11.7. The number of aromatic nitrogens is 1. The second-order valence-electron chi connectivity index (χ2n) is 7.83. The van der Waals surface area contributed by atoms with Crippen LogP contribution in [0.3, 0.4) is 0 Å². The summed E-state index contributed by atoms with van der Waals surface area (Å²) in [5.41, 5.74) is 6.93. The highest BCUT2D eigenvalue weighted by Crippen LogP contribution is 2.21. The van der Waals surface area contributed by atoms with Crippen LogP contribution in [0.1, 0.15) is 74.6 Å². The summed E-state index contributed by atoms with van der Waals surface area (Å²) in [4.78, 5) is 35.2. The lowest BCUT2D eigenvalue weighted by atomic mass is 10.0. The van der Waals surface area contributed by atoms with Gasteiger partial charge in [0.1, 0.15) is 16.5 Å². The predicted molar refractivity (Wildman–Crippen MR) is 126 cm³/mol. The van der Waals surface area contributed by atoms with Crippen molar-refractivity contribution in [2.75, 3.05) is 0 Å². The number of nitrogens with zero attached hydrogens (tertiary/aromatic N) is 3. The number of nitrogens with one attached hydrogen (secondary N) is 1. The van der Waals surface area contributed by atoms with E-state index in [2.05, 4.69) is 29.1 Å². The lowest BCUT2D eigenvalue weighted by molar-refractivity contribution is -0.129. The van der Waals surface area contributed by atoms with Gasteiger partial charge in [-0.3, -0.25) is 14.5 Å². The van der Waals surface area contributed by atoms with Gasteiger partial charge >= 0.3 is 0 Å². The van der Waals surface area contributed by atoms with E-state index in [0.29, 0.717) is 22.9 Å². The van der Waals surface area contributed by atoms with Crippen molar-refractivity contribution in [2.45, 2.75) is 66.1 Å². The Morgan fingerprint density at radius 2 is 2.06 bits per heavy atom. The smallest absolute Gasteiger partial charge is 0.271 e. The van der Waals surface area contributed by atoms with E-state index in [1.54, 1.807) is 24.4 Å². The molecule has 174 valence electrons. The number of rotatable bonds is 7. The minimum Gasteiger partial charge on any atom is -0.369 e. The minimum absolute atomic E-state index is 0.0873. The van der Waals surface area contributed by atoms with Crippen molar-refractivity contribution in [2.24, 2.45) is 16.6 Å². The van der Waals surface area contributed by atoms with Crippen LogP contribution in [-0.4, -0.2) is 33.7 Å². The maximum atomic E-state index is 13.4. The molecule has 0 aliphatic carbocycles. The molecule has 9 heteroatoms. The standard InChI is InChI=1S/C21H26FN5O2S.C2H6/c1-12(2)7-16-9-19(28)27(21(23)25-16)10-18-26-17(11-30-18)20(29)24-13(3)14-5-4-6-15(22)8-14;1-2/h4-6,8,11-13,16H,7,9-10H2,1-3H3,(H2,23,25)(H,24,29);1-2H3. The second-order valence-corrected chi connectivity index (χ2v) is 8.77. The number of halogens is 1. The van der Waals surface area contributed by atoms with Crippen LogP contribution in [-0.2, 0) is 11.3 Å². The molecule has 1 aromatic carbocycles. The minimum atomic E-state index is -0.373. The molecule has 32 heavy (non-hydrogen) atoms. The molecule has 2 unspecified atom stereocenters. The Bertz CT molecular complexity index is 959. The van der Waals surface area contributed by atoms with Crippen LogP contribution >= 0.6 is 11.3 Å². The molecule has 0 fully saturated rings. The van der Waals surface area contributed by atoms with E-state index in [1.807, 2.05) is 13.8 Å². The number of carbonyl (C=O) groups excluding carboxylic acids is 2. The Kier molecular flexibility index (Phi) is 9.31. The average Bonchev–Trinajstić information content (AvgIpc) is 3.20. The number of benzene rings is 1. The largest absolute Gasteiger partial charge is 0.369 e. The van der Waals surface area contributed by atoms with Gasteiger partial charge < -0.3 is 11.1 Å². The number of nitrogens with two attached hydrogens (primary N) is 1. The zero-order chi connectivity index (χ0) is 23.8. The molecule has 3 N–H and O–H groups in total. The summed E-state index contributed by atoms with van der Waals surface area (Å²) >= 11 is 1.28. The molecule has 2 atom stereocenters. The van der Waals surface area contributed by atoms with Gasteiger partial charge in [0.05, 0.1) is 18.6 Å². The van der Waals surface area contributed by atoms with E-state index in [-0.39, 0.29) is 47.9 Å². The van der Waals surface area contributed by atoms with E-state index in [4.69, 9.17) is 5.73 Å². The van der Waals surface area contributed by atoms with Crippen LogP contribution in [0, 0.1) is 11.7 Å². The third-order valence-electron chi connectivity index (χ3n) is 4.82. The van der Waals surface area contributed by atoms with Gasteiger partial charge in [0.2, 0.25) is 5.91 Å². The van der Waals surface area contributed by atoms with Crippen molar-refractivity contribution < 1.29 is 14.0 Å². The van der Waals surface area contributed by atoms with Crippen molar-refractivity contribution in [1.29, 1.82) is 0 Å². The van der Waals surface area contributed by atoms with Gasteiger partial charge in [-0.15, -0.1) is 11.3 Å². The third kappa shape index (κ3) is 6.85. The Morgan fingerprint density at radius 3 is 2.69 bits per heavy atom. The summed E-state index contributed by atoms with van der Waals surface area (Å²) < 4.78 is 13.4. The maximum Gasteiger partial charge on any atom is 0.271 e. The molecule has 1 aromatic heterocycles. The van der Waals surface area contributed by atoms with Gasteiger partial charge in [-0.2, -0.15) is 0 Å². The fraction of sp³-hybridized carbons (Fsp3) is 0.478. The number of carbonyl (C=O) groups is 2. The first-order chi connectivity index (χ1) is 15.2. The molecule has 7 nitrogen and oxygen atoms in total. The Hall–Kier alpha value is -2.81. The Balaban J connectivity index is 0.00000176. The maximum absolute atomic E-state index is 13.4. The monoisotopic (exact) mass is 461 g/mol. The van der Waals surface area contributed by atoms with Crippen LogP contribution < -0.4 is 11.1 Å². The van der Waals surface area contributed by atoms with Crippen LogP contribution in [0.25, 0.3) is 0 Å². The van der Waals surface area contributed by atoms with Crippen molar-refractivity contribution in [1.82, 2.24) is 15.2 Å². The van der Waals surface area contributed by atoms with Gasteiger partial charge in [-0.25, -0.2) is 14.4 Å². The van der Waals surface area contributed by atoms with Crippen molar-refractivity contribution in [3.05, 3.63) is 51.7 Å². The number of aliphatic imine (C=N–C) groups is 1. The molecule has 0 bridgehead atoms. The first-order valence-electron chi connectivity index (χ1n) is 10.9. The van der Waals surface area contributed by atoms with Gasteiger partial charge in [0.25, 0.3) is 5.91 Å². The molecule has 3 rings (SSSR count). The molecule has 0 saturated heterocycles. The van der Waals surface area contributed by atoms with E-state index >= 15 is 0 Å². The number of hydrogen-bond acceptors (Lipinski definition) is 6. The lowest BCUT2D eigenvalue weighted by Crippen LogP contribution is -2.46. The molecular weight excluding hydrogens is 429 g/mol. The van der Waals surface area contributed by atoms with Gasteiger partial charge in [0, 0.05) is 11.8 Å². The summed E-state index contributed by atoms with van der Waals surface area (Å²) in [7, 11) is 0. The average molecular weight is 462 g/mol. The van der Waals surface area contributed by atoms with Crippen LogP contribution in [0.2, 0.25) is 0 Å². The molecule has 2 aromatic rings. The SMILES string of the molecule is CC.CC(C)CC1CC(=O)N(Cc2nc(C(=O)NC(C)c3cccc(F)c3)cs2)C(N)=N1. The number of amides is 2. The Morgan fingerprint density at radius 1 is 1.34 bits per heavy atom. The highest BCUT2D eigenvalue weighted by atomic mass is 32.1. The molecular formula is C23H32FN5O2S. The van der Waals surface area contributed by atoms with Crippen LogP contribution in [0.4, 0.5) is 4.39 Å². The fourth-order valence-corrected chi connectivity index (χ4v) is 4.11. The lowest BCUT2D eigenvalue weighted by Gasteiger charge is -2.28. The molecule has 0 radical (unpaired) electrons. The summed E-state index contributed by atoms with van der Waals surface area (Å²) in [6.45, 7) is 10.1. The van der Waals surface area contributed by atoms with Crippen LogP contribution in [0.15, 0.2) is 34.6 Å². The third-order valence-corrected chi connectivity index (χ3v) is 5.65. The topological polar surface area (TPSA) is 101 Å². The number of hydrogen-bond donors (Lipinski definition) is 2. The van der Waals surface area contributed by atoms with Crippen LogP contribution in [0.5, 0.6) is 0 Å². The summed E-state index contributed by atoms with van der Waals surface area (Å²) in [6.07, 6.45) is 1.13. The highest BCUT2D eigenvalue weighted by molar-refractivity contribution is 7.09. The zero-order valence-corrected chi connectivity index (χ0v) is 20.1. The molecule has 0 saturated carbocycles. The van der Waals surface area contributed by atoms with Gasteiger partial charge in [-0.1, -0.05) is 39.8 Å². The highest BCUT2D eigenvalue weighted by Gasteiger charge is 2.28. The quantitative estimate of drug-likeness (QED) is 0.643. The Labute approximate surface area is 192 Å².